The fourth-order valence-electron chi connectivity index (χ4n) is 3.03. The first-order valence-electron chi connectivity index (χ1n) is 10.1. The molecule has 3 rings (SSSR count). The normalized spacial score (nSPS) is 11.2. The molecule has 0 spiro atoms. The van der Waals surface area contributed by atoms with Crippen molar-refractivity contribution in [2.24, 2.45) is 5.10 Å². The molecule has 0 heterocycles. The summed E-state index contributed by atoms with van der Waals surface area (Å²) >= 11 is 0. The maximum absolute atomic E-state index is 12.5. The molecule has 0 radical (unpaired) electrons. The van der Waals surface area contributed by atoms with E-state index < -0.39 is 15.9 Å². The molecule has 9 nitrogen and oxygen atoms in total. The van der Waals surface area contributed by atoms with Crippen LogP contribution in [0.4, 0.5) is 5.69 Å². The van der Waals surface area contributed by atoms with Crippen LogP contribution in [0.25, 0.3) is 0 Å². The summed E-state index contributed by atoms with van der Waals surface area (Å²) in [6, 6.07) is 15.9. The van der Waals surface area contributed by atoms with Gasteiger partial charge in [-0.1, -0.05) is 17.7 Å². The quantitative estimate of drug-likeness (QED) is 0.355. The van der Waals surface area contributed by atoms with Gasteiger partial charge < -0.3 is 14.2 Å². The van der Waals surface area contributed by atoms with Gasteiger partial charge in [0.15, 0.2) is 11.5 Å². The largest absolute Gasteiger partial charge is 0.493 e. The van der Waals surface area contributed by atoms with Crippen molar-refractivity contribution >= 4 is 27.8 Å². The Hall–Kier alpha value is -4.05. The first-order valence-corrected chi connectivity index (χ1v) is 11.6. The fraction of sp³-hybridized carbons (Fsp3) is 0.167. The van der Waals surface area contributed by atoms with Crippen LogP contribution >= 0.6 is 0 Å². The van der Waals surface area contributed by atoms with E-state index in [1.54, 1.807) is 24.3 Å². The summed E-state index contributed by atoms with van der Waals surface area (Å²) in [5.41, 5.74) is 4.65. The van der Waals surface area contributed by atoms with Gasteiger partial charge in [0.05, 0.1) is 32.4 Å². The Morgan fingerprint density at radius 3 is 2.00 bits per heavy atom. The van der Waals surface area contributed by atoms with Gasteiger partial charge in [-0.15, -0.1) is 0 Å². The van der Waals surface area contributed by atoms with Gasteiger partial charge >= 0.3 is 0 Å². The van der Waals surface area contributed by atoms with Crippen LogP contribution in [0.1, 0.15) is 21.5 Å². The third kappa shape index (κ3) is 5.84. The number of nitrogens with one attached hydrogen (secondary N) is 2. The number of carbonyl (C=O) groups excluding carboxylic acids is 1. The van der Waals surface area contributed by atoms with Gasteiger partial charge in [-0.3, -0.25) is 9.52 Å². The number of hydrogen-bond acceptors (Lipinski definition) is 7. The summed E-state index contributed by atoms with van der Waals surface area (Å²) in [5, 5.41) is 3.96. The number of nitrogens with zero attached hydrogens (tertiary/aromatic N) is 1. The van der Waals surface area contributed by atoms with E-state index in [1.165, 1.54) is 63.9 Å². The van der Waals surface area contributed by atoms with E-state index in [0.717, 1.165) is 5.56 Å². The highest BCUT2D eigenvalue weighted by atomic mass is 32.2. The Bertz CT molecular complexity index is 1260. The number of ether oxygens (including phenoxy) is 3. The van der Waals surface area contributed by atoms with Gasteiger partial charge in [-0.2, -0.15) is 5.10 Å². The van der Waals surface area contributed by atoms with Crippen LogP contribution in [0, 0.1) is 6.92 Å². The Labute approximate surface area is 198 Å². The van der Waals surface area contributed by atoms with Crippen molar-refractivity contribution in [2.75, 3.05) is 26.1 Å². The zero-order chi connectivity index (χ0) is 24.7. The van der Waals surface area contributed by atoms with E-state index in [0.29, 0.717) is 34.1 Å². The number of sulfonamides is 1. The van der Waals surface area contributed by atoms with Crippen LogP contribution in [-0.4, -0.2) is 41.9 Å². The highest BCUT2D eigenvalue weighted by Gasteiger charge is 2.15. The molecule has 0 atom stereocenters. The minimum absolute atomic E-state index is 0.154. The van der Waals surface area contributed by atoms with E-state index in [1.807, 2.05) is 6.92 Å². The minimum Gasteiger partial charge on any atom is -0.493 e. The standard InChI is InChI=1S/C24H25N3O6S/c1-16-5-11-20(12-6-16)34(29,30)27-19-9-7-18(8-10-19)24(28)26-25-15-17-13-21(31-2)23(33-4)22(14-17)32-3/h5-15,27H,1-4H3,(H,26,28)/b25-15+. The van der Waals surface area contributed by atoms with Crippen molar-refractivity contribution < 1.29 is 27.4 Å². The average molecular weight is 484 g/mol. The Balaban J connectivity index is 1.66. The molecular weight excluding hydrogens is 458 g/mol. The number of benzene rings is 3. The summed E-state index contributed by atoms with van der Waals surface area (Å²) in [5.74, 6) is 0.900. The van der Waals surface area contributed by atoms with E-state index >= 15 is 0 Å². The summed E-state index contributed by atoms with van der Waals surface area (Å²) < 4.78 is 43.4. The van der Waals surface area contributed by atoms with Crippen LogP contribution in [0.15, 0.2) is 70.7 Å². The van der Waals surface area contributed by atoms with E-state index in [4.69, 9.17) is 14.2 Å². The second-order valence-corrected chi connectivity index (χ2v) is 8.84. The minimum atomic E-state index is -3.73. The smallest absolute Gasteiger partial charge is 0.271 e. The summed E-state index contributed by atoms with van der Waals surface area (Å²) in [6.45, 7) is 1.88. The molecule has 0 aliphatic heterocycles. The number of anilines is 1. The van der Waals surface area contributed by atoms with Crippen LogP contribution in [0.2, 0.25) is 0 Å². The maximum Gasteiger partial charge on any atom is 0.271 e. The Morgan fingerprint density at radius 2 is 1.47 bits per heavy atom. The lowest BCUT2D eigenvalue weighted by Gasteiger charge is -2.12. The van der Waals surface area contributed by atoms with Gasteiger partial charge in [0.1, 0.15) is 0 Å². The van der Waals surface area contributed by atoms with Crippen molar-refractivity contribution in [3.63, 3.8) is 0 Å². The molecule has 34 heavy (non-hydrogen) atoms. The summed E-state index contributed by atoms with van der Waals surface area (Å²) in [4.78, 5) is 12.6. The van der Waals surface area contributed by atoms with Gasteiger partial charge in [0, 0.05) is 16.8 Å². The van der Waals surface area contributed by atoms with Crippen LogP contribution in [0.5, 0.6) is 17.2 Å². The van der Waals surface area contributed by atoms with E-state index in [2.05, 4.69) is 15.2 Å². The van der Waals surface area contributed by atoms with Crippen molar-refractivity contribution in [1.82, 2.24) is 5.43 Å². The van der Waals surface area contributed by atoms with Crippen molar-refractivity contribution in [1.29, 1.82) is 0 Å². The second kappa shape index (κ2) is 10.7. The zero-order valence-electron chi connectivity index (χ0n) is 19.2. The molecule has 0 fully saturated rings. The molecule has 0 aromatic heterocycles. The molecule has 178 valence electrons. The first kappa shape index (κ1) is 24.6. The van der Waals surface area contributed by atoms with E-state index in [9.17, 15) is 13.2 Å². The van der Waals surface area contributed by atoms with Gasteiger partial charge in [0.25, 0.3) is 15.9 Å². The number of aryl methyl sites for hydroxylation is 1. The number of carbonyl (C=O) groups is 1. The SMILES string of the molecule is COc1cc(/C=N/NC(=O)c2ccc(NS(=O)(=O)c3ccc(C)cc3)cc2)cc(OC)c1OC. The van der Waals surface area contributed by atoms with Crippen LogP contribution < -0.4 is 24.4 Å². The predicted octanol–water partition coefficient (Wildman–Crippen LogP) is 3.59. The highest BCUT2D eigenvalue weighted by Crippen LogP contribution is 2.37. The molecular formula is C24H25N3O6S. The van der Waals surface area contributed by atoms with Gasteiger partial charge in [-0.25, -0.2) is 13.8 Å². The number of rotatable bonds is 9. The van der Waals surface area contributed by atoms with Crippen molar-refractivity contribution in [3.05, 3.63) is 77.4 Å². The molecule has 1 amide bonds. The highest BCUT2D eigenvalue weighted by molar-refractivity contribution is 7.92. The second-order valence-electron chi connectivity index (χ2n) is 7.15. The predicted molar refractivity (Wildman–Crippen MR) is 130 cm³/mol. The topological polar surface area (TPSA) is 115 Å². The van der Waals surface area contributed by atoms with Gasteiger partial charge in [-0.05, 0) is 55.5 Å². The third-order valence-corrected chi connectivity index (χ3v) is 6.19. The summed E-state index contributed by atoms with van der Waals surface area (Å²) in [6.07, 6.45) is 1.44. The molecule has 0 unspecified atom stereocenters. The number of methoxy groups -OCH3 is 3. The van der Waals surface area contributed by atoms with Crippen molar-refractivity contribution in [3.8, 4) is 17.2 Å². The Morgan fingerprint density at radius 1 is 0.882 bits per heavy atom. The maximum atomic E-state index is 12.5. The first-order chi connectivity index (χ1) is 16.3. The van der Waals surface area contributed by atoms with E-state index in [-0.39, 0.29) is 4.90 Å². The van der Waals surface area contributed by atoms with Crippen molar-refractivity contribution in [2.45, 2.75) is 11.8 Å². The zero-order valence-corrected chi connectivity index (χ0v) is 20.0. The molecule has 0 bridgehead atoms. The lowest BCUT2D eigenvalue weighted by Crippen LogP contribution is -2.18. The number of amides is 1. The van der Waals surface area contributed by atoms with Crippen LogP contribution in [0.3, 0.4) is 0 Å². The molecule has 0 aliphatic rings. The molecule has 0 saturated heterocycles. The molecule has 3 aromatic rings. The molecule has 0 aliphatic carbocycles. The number of hydrogen-bond donors (Lipinski definition) is 2. The molecule has 3 aromatic carbocycles. The molecule has 2 N–H and O–H groups in total. The lowest BCUT2D eigenvalue weighted by atomic mass is 10.2. The lowest BCUT2D eigenvalue weighted by molar-refractivity contribution is 0.0955. The third-order valence-electron chi connectivity index (χ3n) is 4.80. The van der Waals surface area contributed by atoms with Gasteiger partial charge in [0.2, 0.25) is 5.75 Å². The Kier molecular flexibility index (Phi) is 7.75. The fourth-order valence-corrected chi connectivity index (χ4v) is 4.09. The average Bonchev–Trinajstić information content (AvgIpc) is 2.83. The molecule has 0 saturated carbocycles. The summed E-state index contributed by atoms with van der Waals surface area (Å²) in [7, 11) is 0.788. The van der Waals surface area contributed by atoms with Crippen LogP contribution in [-0.2, 0) is 10.0 Å². The monoisotopic (exact) mass is 483 g/mol. The number of hydrazone groups is 1. The molecule has 10 heteroatoms.